The Hall–Kier alpha value is -2.54. The van der Waals surface area contributed by atoms with Crippen molar-refractivity contribution in [1.82, 2.24) is 24.8 Å². The van der Waals surface area contributed by atoms with Crippen LogP contribution in [0.25, 0.3) is 11.4 Å². The predicted molar refractivity (Wildman–Crippen MR) is 77.9 cm³/mol. The smallest absolute Gasteiger partial charge is 0.214 e. The highest BCUT2D eigenvalue weighted by atomic mass is 32.1. The highest BCUT2D eigenvalue weighted by Gasteiger charge is 2.08. The Kier molecular flexibility index (Phi) is 3.51. The first-order valence-corrected chi connectivity index (χ1v) is 6.46. The van der Waals surface area contributed by atoms with Crippen LogP contribution in [0.15, 0.2) is 49.1 Å². The molecule has 0 unspecified atom stereocenters. The van der Waals surface area contributed by atoms with E-state index in [1.807, 2.05) is 30.5 Å². The molecule has 7 heteroatoms. The van der Waals surface area contributed by atoms with Crippen molar-refractivity contribution in [3.63, 3.8) is 0 Å². The van der Waals surface area contributed by atoms with E-state index in [9.17, 15) is 0 Å². The van der Waals surface area contributed by atoms with Crippen molar-refractivity contribution in [2.75, 3.05) is 5.43 Å². The Labute approximate surface area is 120 Å². The fraction of sp³-hybridized carbons (Fsp3) is 0.0769. The zero-order valence-electron chi connectivity index (χ0n) is 10.5. The van der Waals surface area contributed by atoms with Crippen molar-refractivity contribution < 1.29 is 0 Å². The summed E-state index contributed by atoms with van der Waals surface area (Å²) in [4.78, 5) is 8.08. The summed E-state index contributed by atoms with van der Waals surface area (Å²) in [5, 5.41) is 7.03. The summed E-state index contributed by atoms with van der Waals surface area (Å²) in [7, 11) is 0. The van der Waals surface area contributed by atoms with E-state index in [1.165, 1.54) is 0 Å². The molecular weight excluding hydrogens is 272 g/mol. The molecule has 0 amide bonds. The molecule has 0 bridgehead atoms. The SMILES string of the molecule is S=c1[nH]nc(-c2ccncc2)n1NCc1cccnc1. The number of aromatic nitrogens is 5. The molecule has 0 spiro atoms. The van der Waals surface area contributed by atoms with E-state index in [4.69, 9.17) is 12.2 Å². The molecule has 0 atom stereocenters. The number of nitrogens with zero attached hydrogens (tertiary/aromatic N) is 4. The van der Waals surface area contributed by atoms with Gasteiger partial charge in [-0.3, -0.25) is 9.97 Å². The first kappa shape index (κ1) is 12.5. The summed E-state index contributed by atoms with van der Waals surface area (Å²) in [5.41, 5.74) is 5.24. The molecule has 3 aromatic rings. The fourth-order valence-electron chi connectivity index (χ4n) is 1.81. The van der Waals surface area contributed by atoms with Crippen molar-refractivity contribution in [3.05, 3.63) is 59.4 Å². The van der Waals surface area contributed by atoms with Gasteiger partial charge >= 0.3 is 0 Å². The minimum Gasteiger partial charge on any atom is -0.317 e. The molecule has 0 saturated carbocycles. The van der Waals surface area contributed by atoms with E-state index in [-0.39, 0.29) is 0 Å². The molecule has 3 aromatic heterocycles. The van der Waals surface area contributed by atoms with Gasteiger partial charge in [-0.1, -0.05) is 6.07 Å². The molecule has 0 aliphatic carbocycles. The monoisotopic (exact) mass is 284 g/mol. The van der Waals surface area contributed by atoms with Gasteiger partial charge in [0.2, 0.25) is 4.77 Å². The number of rotatable bonds is 4. The van der Waals surface area contributed by atoms with Gasteiger partial charge < -0.3 is 5.43 Å². The van der Waals surface area contributed by atoms with Crippen molar-refractivity contribution in [3.8, 4) is 11.4 Å². The Bertz CT molecular complexity index is 734. The summed E-state index contributed by atoms with van der Waals surface area (Å²) in [6, 6.07) is 7.66. The van der Waals surface area contributed by atoms with Crippen LogP contribution in [0, 0.1) is 4.77 Å². The van der Waals surface area contributed by atoms with Crippen LogP contribution in [0.4, 0.5) is 0 Å². The summed E-state index contributed by atoms with van der Waals surface area (Å²) >= 11 is 5.24. The molecule has 0 aliphatic heterocycles. The predicted octanol–water partition coefficient (Wildman–Crippen LogP) is 2.14. The molecule has 0 fully saturated rings. The van der Waals surface area contributed by atoms with Crippen LogP contribution in [-0.2, 0) is 6.54 Å². The van der Waals surface area contributed by atoms with E-state index in [0.29, 0.717) is 11.3 Å². The van der Waals surface area contributed by atoms with Gasteiger partial charge in [0.1, 0.15) is 0 Å². The standard InChI is InChI=1S/C13H12N6S/c20-13-18-17-12(11-3-6-14-7-4-11)19(13)16-9-10-2-1-5-15-8-10/h1-8,16H,9H2,(H,18,20). The lowest BCUT2D eigenvalue weighted by Crippen LogP contribution is -2.16. The van der Waals surface area contributed by atoms with Crippen molar-refractivity contribution in [1.29, 1.82) is 0 Å². The minimum absolute atomic E-state index is 0.515. The normalized spacial score (nSPS) is 10.4. The van der Waals surface area contributed by atoms with Gasteiger partial charge in [0.05, 0.1) is 6.54 Å². The molecule has 2 N–H and O–H groups in total. The Balaban J connectivity index is 1.87. The molecular formula is C13H12N6S. The van der Waals surface area contributed by atoms with Crippen LogP contribution in [0.2, 0.25) is 0 Å². The average molecular weight is 284 g/mol. The highest BCUT2D eigenvalue weighted by Crippen LogP contribution is 2.14. The number of hydrogen-bond donors (Lipinski definition) is 2. The van der Waals surface area contributed by atoms with Crippen LogP contribution in [0.3, 0.4) is 0 Å². The Morgan fingerprint density at radius 3 is 2.75 bits per heavy atom. The second-order valence-electron chi connectivity index (χ2n) is 4.12. The third kappa shape index (κ3) is 2.57. The quantitative estimate of drug-likeness (QED) is 0.718. The number of aromatic amines is 1. The molecule has 0 aromatic carbocycles. The Morgan fingerprint density at radius 1 is 1.15 bits per heavy atom. The maximum absolute atomic E-state index is 5.24. The second kappa shape index (κ2) is 5.62. The fourth-order valence-corrected chi connectivity index (χ4v) is 2.01. The maximum Gasteiger partial charge on any atom is 0.214 e. The summed E-state index contributed by atoms with van der Waals surface area (Å²) in [6.07, 6.45) is 7.00. The zero-order chi connectivity index (χ0) is 13.8. The van der Waals surface area contributed by atoms with Crippen LogP contribution in [-0.4, -0.2) is 24.8 Å². The van der Waals surface area contributed by atoms with Gasteiger partial charge in [0, 0.05) is 30.4 Å². The molecule has 3 heterocycles. The topological polar surface area (TPSA) is 71.4 Å². The lowest BCUT2D eigenvalue weighted by molar-refractivity contribution is 0.829. The summed E-state index contributed by atoms with van der Waals surface area (Å²) < 4.78 is 2.26. The van der Waals surface area contributed by atoms with Crippen LogP contribution in [0.5, 0.6) is 0 Å². The molecule has 0 saturated heterocycles. The molecule has 0 aliphatic rings. The van der Waals surface area contributed by atoms with Gasteiger partial charge in [-0.2, -0.15) is 5.10 Å². The number of pyridine rings is 2. The molecule has 0 radical (unpaired) electrons. The number of nitrogens with one attached hydrogen (secondary N) is 2. The number of H-pyrrole nitrogens is 1. The average Bonchev–Trinajstić information content (AvgIpc) is 2.88. The van der Waals surface area contributed by atoms with Crippen LogP contribution < -0.4 is 5.43 Å². The second-order valence-corrected chi connectivity index (χ2v) is 4.51. The van der Waals surface area contributed by atoms with Crippen LogP contribution in [0.1, 0.15) is 5.56 Å². The van der Waals surface area contributed by atoms with Gasteiger partial charge in [0.25, 0.3) is 0 Å². The lowest BCUT2D eigenvalue weighted by atomic mass is 10.2. The molecule has 20 heavy (non-hydrogen) atoms. The maximum atomic E-state index is 5.24. The van der Waals surface area contributed by atoms with Crippen molar-refractivity contribution in [2.45, 2.75) is 6.54 Å². The summed E-state index contributed by atoms with van der Waals surface area (Å²) in [5.74, 6) is 0.723. The molecule has 3 rings (SSSR count). The summed E-state index contributed by atoms with van der Waals surface area (Å²) in [6.45, 7) is 0.611. The Morgan fingerprint density at radius 2 is 2.00 bits per heavy atom. The van der Waals surface area contributed by atoms with Crippen molar-refractivity contribution >= 4 is 12.2 Å². The van der Waals surface area contributed by atoms with E-state index in [1.54, 1.807) is 23.3 Å². The highest BCUT2D eigenvalue weighted by molar-refractivity contribution is 7.71. The minimum atomic E-state index is 0.515. The van der Waals surface area contributed by atoms with Crippen molar-refractivity contribution in [2.24, 2.45) is 0 Å². The first-order chi connectivity index (χ1) is 9.84. The van der Waals surface area contributed by atoms with Gasteiger partial charge in [-0.25, -0.2) is 9.77 Å². The van der Waals surface area contributed by atoms with E-state index >= 15 is 0 Å². The van der Waals surface area contributed by atoms with Gasteiger partial charge in [-0.15, -0.1) is 0 Å². The molecule has 6 nitrogen and oxygen atoms in total. The first-order valence-electron chi connectivity index (χ1n) is 6.05. The number of hydrogen-bond acceptors (Lipinski definition) is 5. The largest absolute Gasteiger partial charge is 0.317 e. The lowest BCUT2D eigenvalue weighted by Gasteiger charge is -2.09. The zero-order valence-corrected chi connectivity index (χ0v) is 11.3. The van der Waals surface area contributed by atoms with Gasteiger partial charge in [-0.05, 0) is 36.0 Å². The third-order valence-electron chi connectivity index (χ3n) is 2.77. The third-order valence-corrected chi connectivity index (χ3v) is 3.05. The van der Waals surface area contributed by atoms with Gasteiger partial charge in [0.15, 0.2) is 5.82 Å². The van der Waals surface area contributed by atoms with E-state index in [0.717, 1.165) is 17.0 Å². The van der Waals surface area contributed by atoms with E-state index in [2.05, 4.69) is 25.6 Å². The van der Waals surface area contributed by atoms with Crippen LogP contribution >= 0.6 is 12.2 Å². The molecule has 100 valence electrons. The van der Waals surface area contributed by atoms with E-state index < -0.39 is 0 Å².